The zero-order chi connectivity index (χ0) is 17.2. The molecule has 0 atom stereocenters. The molecule has 0 aliphatic rings. The molecule has 0 saturated carbocycles. The number of aromatic nitrogens is 1. The van der Waals surface area contributed by atoms with Gasteiger partial charge in [-0.05, 0) is 31.5 Å². The molecular weight excluding hydrogens is 323 g/mol. The minimum absolute atomic E-state index is 0.131. The van der Waals surface area contributed by atoms with Crippen molar-refractivity contribution in [2.45, 2.75) is 19.3 Å². The number of nitrogens with one attached hydrogen (secondary N) is 1. The van der Waals surface area contributed by atoms with E-state index in [2.05, 4.69) is 10.3 Å². The fourth-order valence-corrected chi connectivity index (χ4v) is 3.07. The molecule has 0 aliphatic heterocycles. The highest BCUT2D eigenvalue weighted by atomic mass is 32.1. The number of halogens is 1. The van der Waals surface area contributed by atoms with Crippen molar-refractivity contribution in [2.24, 2.45) is 0 Å². The topological polar surface area (TPSA) is 42.0 Å². The number of rotatable bonds is 4. The number of benzene rings is 2. The lowest BCUT2D eigenvalue weighted by Gasteiger charge is -2.23. The summed E-state index contributed by atoms with van der Waals surface area (Å²) in [5.74, 6) is -0.440. The van der Waals surface area contributed by atoms with Crippen LogP contribution in [0.2, 0.25) is 0 Å². The molecule has 0 bridgehead atoms. The Balaban J connectivity index is 1.78. The number of carbonyl (C=O) groups is 1. The Morgan fingerprint density at radius 2 is 1.88 bits per heavy atom. The van der Waals surface area contributed by atoms with E-state index < -0.39 is 5.41 Å². The van der Waals surface area contributed by atoms with Gasteiger partial charge in [0.2, 0.25) is 5.91 Å². The van der Waals surface area contributed by atoms with Crippen LogP contribution in [-0.4, -0.2) is 10.9 Å². The third kappa shape index (κ3) is 3.36. The molecule has 24 heavy (non-hydrogen) atoms. The van der Waals surface area contributed by atoms with Gasteiger partial charge in [0.1, 0.15) is 5.82 Å². The van der Waals surface area contributed by atoms with Crippen LogP contribution >= 0.6 is 11.3 Å². The van der Waals surface area contributed by atoms with Crippen molar-refractivity contribution in [3.63, 3.8) is 0 Å². The second-order valence-corrected chi connectivity index (χ2v) is 6.85. The lowest BCUT2D eigenvalue weighted by molar-refractivity contribution is -0.120. The van der Waals surface area contributed by atoms with Crippen molar-refractivity contribution in [1.82, 2.24) is 4.98 Å². The monoisotopic (exact) mass is 340 g/mol. The molecule has 0 saturated heterocycles. The molecule has 0 unspecified atom stereocenters. The average Bonchev–Trinajstić information content (AvgIpc) is 3.04. The van der Waals surface area contributed by atoms with Gasteiger partial charge in [0, 0.05) is 10.9 Å². The van der Waals surface area contributed by atoms with Gasteiger partial charge < -0.3 is 5.32 Å². The van der Waals surface area contributed by atoms with Crippen LogP contribution in [0.4, 0.5) is 9.52 Å². The predicted molar refractivity (Wildman–Crippen MR) is 95.6 cm³/mol. The van der Waals surface area contributed by atoms with Crippen LogP contribution in [0.15, 0.2) is 60.0 Å². The first-order chi connectivity index (χ1) is 11.5. The van der Waals surface area contributed by atoms with Crippen molar-refractivity contribution in [3.8, 4) is 11.3 Å². The summed E-state index contributed by atoms with van der Waals surface area (Å²) in [4.78, 5) is 17.0. The van der Waals surface area contributed by atoms with Crippen LogP contribution in [0.3, 0.4) is 0 Å². The molecule has 2 aromatic carbocycles. The molecule has 3 rings (SSSR count). The van der Waals surface area contributed by atoms with E-state index in [9.17, 15) is 9.18 Å². The highest BCUT2D eigenvalue weighted by Crippen LogP contribution is 2.28. The Morgan fingerprint density at radius 1 is 1.12 bits per heavy atom. The SMILES string of the molecule is CC(C)(C(=O)Nc1nc(-c2cccc(F)c2)cs1)c1ccccc1. The third-order valence-corrected chi connectivity index (χ3v) is 4.67. The van der Waals surface area contributed by atoms with Gasteiger partial charge in [-0.15, -0.1) is 11.3 Å². The molecule has 0 aliphatic carbocycles. The first-order valence-electron chi connectivity index (χ1n) is 7.55. The third-order valence-electron chi connectivity index (χ3n) is 3.91. The predicted octanol–water partition coefficient (Wildman–Crippen LogP) is 4.87. The molecule has 122 valence electrons. The van der Waals surface area contributed by atoms with Gasteiger partial charge in [0.15, 0.2) is 5.13 Å². The van der Waals surface area contributed by atoms with Gasteiger partial charge in [-0.3, -0.25) is 4.79 Å². The molecule has 1 amide bonds. The van der Waals surface area contributed by atoms with E-state index in [-0.39, 0.29) is 11.7 Å². The Morgan fingerprint density at radius 3 is 2.58 bits per heavy atom. The summed E-state index contributed by atoms with van der Waals surface area (Å²) in [7, 11) is 0. The van der Waals surface area contributed by atoms with Gasteiger partial charge in [0.05, 0.1) is 11.1 Å². The number of hydrogen-bond donors (Lipinski definition) is 1. The van der Waals surface area contributed by atoms with Crippen molar-refractivity contribution in [3.05, 3.63) is 71.4 Å². The van der Waals surface area contributed by atoms with Crippen LogP contribution in [0, 0.1) is 5.82 Å². The fraction of sp³-hybridized carbons (Fsp3) is 0.158. The summed E-state index contributed by atoms with van der Waals surface area (Å²) in [6.45, 7) is 3.75. The maximum absolute atomic E-state index is 13.3. The highest BCUT2D eigenvalue weighted by molar-refractivity contribution is 7.14. The van der Waals surface area contributed by atoms with Crippen LogP contribution in [0.1, 0.15) is 19.4 Å². The fourth-order valence-electron chi connectivity index (χ4n) is 2.35. The zero-order valence-corrected chi connectivity index (χ0v) is 14.2. The Hall–Kier alpha value is -2.53. The number of carbonyl (C=O) groups excluding carboxylic acids is 1. The quantitative estimate of drug-likeness (QED) is 0.736. The smallest absolute Gasteiger partial charge is 0.236 e. The van der Waals surface area contributed by atoms with Gasteiger partial charge in [-0.1, -0.05) is 42.5 Å². The van der Waals surface area contributed by atoms with E-state index in [1.54, 1.807) is 17.5 Å². The summed E-state index contributed by atoms with van der Waals surface area (Å²) in [6, 6.07) is 15.8. The maximum atomic E-state index is 13.3. The van der Waals surface area contributed by atoms with Gasteiger partial charge in [-0.2, -0.15) is 0 Å². The number of anilines is 1. The number of hydrogen-bond acceptors (Lipinski definition) is 3. The normalized spacial score (nSPS) is 11.3. The Bertz CT molecular complexity index is 859. The molecule has 0 fully saturated rings. The lowest BCUT2D eigenvalue weighted by atomic mass is 9.84. The largest absolute Gasteiger partial charge is 0.301 e. The molecule has 3 nitrogen and oxygen atoms in total. The Labute approximate surface area is 144 Å². The van der Waals surface area contributed by atoms with Crippen molar-refractivity contribution in [2.75, 3.05) is 5.32 Å². The summed E-state index contributed by atoms with van der Waals surface area (Å²) >= 11 is 1.32. The van der Waals surface area contributed by atoms with E-state index in [1.165, 1.54) is 23.5 Å². The standard InChI is InChI=1S/C19H17FN2OS/c1-19(2,14-8-4-3-5-9-14)17(23)22-18-21-16(12-24-18)13-7-6-10-15(20)11-13/h3-12H,1-2H3,(H,21,22,23). The molecule has 1 aromatic heterocycles. The van der Waals surface area contributed by atoms with Crippen LogP contribution in [0.5, 0.6) is 0 Å². The van der Waals surface area contributed by atoms with Gasteiger partial charge in [-0.25, -0.2) is 9.37 Å². The number of thiazole rings is 1. The van der Waals surface area contributed by atoms with Gasteiger partial charge in [0.25, 0.3) is 0 Å². The molecule has 5 heteroatoms. The Kier molecular flexibility index (Phi) is 4.44. The first-order valence-corrected chi connectivity index (χ1v) is 8.43. The molecule has 0 radical (unpaired) electrons. The van der Waals surface area contributed by atoms with E-state index in [0.29, 0.717) is 16.4 Å². The van der Waals surface area contributed by atoms with E-state index in [1.807, 2.05) is 44.2 Å². The second-order valence-electron chi connectivity index (χ2n) is 5.99. The van der Waals surface area contributed by atoms with E-state index >= 15 is 0 Å². The van der Waals surface area contributed by atoms with Crippen LogP contribution < -0.4 is 5.32 Å². The number of nitrogens with zero attached hydrogens (tertiary/aromatic N) is 1. The molecule has 1 heterocycles. The molecule has 3 aromatic rings. The summed E-state index contributed by atoms with van der Waals surface area (Å²) in [5.41, 5.74) is 1.59. The zero-order valence-electron chi connectivity index (χ0n) is 13.4. The van der Waals surface area contributed by atoms with E-state index in [4.69, 9.17) is 0 Å². The van der Waals surface area contributed by atoms with Crippen LogP contribution in [-0.2, 0) is 10.2 Å². The van der Waals surface area contributed by atoms with Crippen molar-refractivity contribution in [1.29, 1.82) is 0 Å². The van der Waals surface area contributed by atoms with Crippen LogP contribution in [0.25, 0.3) is 11.3 Å². The summed E-state index contributed by atoms with van der Waals surface area (Å²) in [5, 5.41) is 5.17. The first kappa shape index (κ1) is 16.3. The summed E-state index contributed by atoms with van der Waals surface area (Å²) in [6.07, 6.45) is 0. The maximum Gasteiger partial charge on any atom is 0.236 e. The average molecular weight is 340 g/mol. The van der Waals surface area contributed by atoms with E-state index in [0.717, 1.165) is 5.56 Å². The lowest BCUT2D eigenvalue weighted by Crippen LogP contribution is -2.34. The second kappa shape index (κ2) is 6.53. The van der Waals surface area contributed by atoms with Gasteiger partial charge >= 0.3 is 0 Å². The van der Waals surface area contributed by atoms with Crippen molar-refractivity contribution < 1.29 is 9.18 Å². The molecule has 0 spiro atoms. The minimum Gasteiger partial charge on any atom is -0.301 e. The molecular formula is C19H17FN2OS. The van der Waals surface area contributed by atoms with Crippen molar-refractivity contribution >= 4 is 22.4 Å². The number of amides is 1. The minimum atomic E-state index is -0.675. The molecule has 1 N–H and O–H groups in total. The highest BCUT2D eigenvalue weighted by Gasteiger charge is 2.30. The summed E-state index contributed by atoms with van der Waals surface area (Å²) < 4.78 is 13.3.